The Morgan fingerprint density at radius 3 is 2.29 bits per heavy atom. The maximum Gasteiger partial charge on any atom is 0.185 e. The van der Waals surface area contributed by atoms with Gasteiger partial charge in [0.1, 0.15) is 5.60 Å². The Morgan fingerprint density at radius 1 is 1.43 bits per heavy atom. The van der Waals surface area contributed by atoms with E-state index in [1.54, 1.807) is 0 Å². The maximum absolute atomic E-state index is 9.16. The molecule has 1 aliphatic carbocycles. The number of hydrogen-bond donors (Lipinski definition) is 0. The van der Waals surface area contributed by atoms with Crippen molar-refractivity contribution in [1.82, 2.24) is 0 Å². The van der Waals surface area contributed by atoms with Gasteiger partial charge in [0.25, 0.3) is 0 Å². The van der Waals surface area contributed by atoms with Gasteiger partial charge in [-0.2, -0.15) is 5.26 Å². The van der Waals surface area contributed by atoms with Crippen LogP contribution in [0.4, 0.5) is 0 Å². The molecule has 0 bridgehead atoms. The van der Waals surface area contributed by atoms with Crippen LogP contribution in [0.25, 0.3) is 0 Å². The second-order valence-electron chi connectivity index (χ2n) is 5.56. The molecule has 0 aliphatic heterocycles. The summed E-state index contributed by atoms with van der Waals surface area (Å²) in [5.41, 5.74) is -0.532. The van der Waals surface area contributed by atoms with Crippen molar-refractivity contribution in [1.29, 1.82) is 5.26 Å². The standard InChI is InChI=1S/C11H21NOSi/c1-11(9-12,13-14(2,3)4)8-10-6-5-7-10/h10H,5-8H2,1-4H3. The monoisotopic (exact) mass is 211 g/mol. The van der Waals surface area contributed by atoms with E-state index in [-0.39, 0.29) is 0 Å². The van der Waals surface area contributed by atoms with Gasteiger partial charge in [0.2, 0.25) is 0 Å². The minimum atomic E-state index is -1.59. The highest BCUT2D eigenvalue weighted by Crippen LogP contribution is 2.35. The summed E-state index contributed by atoms with van der Waals surface area (Å²) >= 11 is 0. The first kappa shape index (κ1) is 11.7. The normalized spacial score (nSPS) is 22.2. The molecule has 0 aromatic heterocycles. The molecule has 2 nitrogen and oxygen atoms in total. The van der Waals surface area contributed by atoms with Crippen LogP contribution in [0.15, 0.2) is 0 Å². The van der Waals surface area contributed by atoms with Crippen molar-refractivity contribution in [2.45, 2.75) is 57.8 Å². The highest BCUT2D eigenvalue weighted by Gasteiger charge is 2.35. The van der Waals surface area contributed by atoms with Crippen molar-refractivity contribution >= 4 is 8.32 Å². The van der Waals surface area contributed by atoms with Gasteiger partial charge in [0.05, 0.1) is 6.07 Å². The predicted octanol–water partition coefficient (Wildman–Crippen LogP) is 3.31. The van der Waals surface area contributed by atoms with Crippen LogP contribution >= 0.6 is 0 Å². The van der Waals surface area contributed by atoms with Gasteiger partial charge < -0.3 is 4.43 Å². The van der Waals surface area contributed by atoms with Crippen molar-refractivity contribution in [2.24, 2.45) is 5.92 Å². The Labute approximate surface area is 88.4 Å². The molecule has 1 unspecified atom stereocenters. The van der Waals surface area contributed by atoms with E-state index in [0.717, 1.165) is 12.3 Å². The molecular formula is C11H21NOSi. The third kappa shape index (κ3) is 3.43. The lowest BCUT2D eigenvalue weighted by Crippen LogP contribution is -2.41. The van der Waals surface area contributed by atoms with Gasteiger partial charge in [0.15, 0.2) is 8.32 Å². The Hall–Kier alpha value is -0.333. The summed E-state index contributed by atoms with van der Waals surface area (Å²) in [5, 5.41) is 9.16. The SMILES string of the molecule is CC(C#N)(CC1CCC1)O[Si](C)(C)C. The second kappa shape index (κ2) is 4.04. The molecule has 0 heterocycles. The summed E-state index contributed by atoms with van der Waals surface area (Å²) in [6, 6.07) is 2.35. The van der Waals surface area contributed by atoms with Crippen LogP contribution in [0.5, 0.6) is 0 Å². The van der Waals surface area contributed by atoms with Crippen molar-refractivity contribution in [3.63, 3.8) is 0 Å². The molecule has 0 spiro atoms. The zero-order chi connectivity index (χ0) is 10.8. The van der Waals surface area contributed by atoms with Crippen LogP contribution in [0.2, 0.25) is 19.6 Å². The van der Waals surface area contributed by atoms with E-state index < -0.39 is 13.9 Å². The average molecular weight is 211 g/mol. The van der Waals surface area contributed by atoms with Crippen molar-refractivity contribution in [3.8, 4) is 6.07 Å². The molecule has 80 valence electrons. The molecule has 0 amide bonds. The molecule has 1 rings (SSSR count). The molecule has 14 heavy (non-hydrogen) atoms. The first-order valence-corrected chi connectivity index (χ1v) is 8.87. The average Bonchev–Trinajstić information content (AvgIpc) is 1.94. The van der Waals surface area contributed by atoms with E-state index >= 15 is 0 Å². The van der Waals surface area contributed by atoms with Crippen LogP contribution in [0.1, 0.15) is 32.6 Å². The summed E-state index contributed by atoms with van der Waals surface area (Å²) in [5.74, 6) is 0.732. The summed E-state index contributed by atoms with van der Waals surface area (Å²) < 4.78 is 5.96. The zero-order valence-electron chi connectivity index (χ0n) is 9.76. The molecule has 0 saturated heterocycles. The third-order valence-electron chi connectivity index (χ3n) is 2.67. The second-order valence-corrected chi connectivity index (χ2v) is 9.99. The first-order chi connectivity index (χ1) is 6.35. The van der Waals surface area contributed by atoms with E-state index in [0.29, 0.717) is 0 Å². The third-order valence-corrected chi connectivity index (χ3v) is 3.73. The Bertz CT molecular complexity index is 237. The lowest BCUT2D eigenvalue weighted by Gasteiger charge is -2.36. The summed E-state index contributed by atoms with van der Waals surface area (Å²) in [4.78, 5) is 0. The number of nitriles is 1. The summed E-state index contributed by atoms with van der Waals surface area (Å²) in [6.07, 6.45) is 4.82. The summed E-state index contributed by atoms with van der Waals surface area (Å²) in [7, 11) is -1.59. The molecule has 0 aromatic carbocycles. The van der Waals surface area contributed by atoms with E-state index in [9.17, 15) is 0 Å². The molecule has 1 aliphatic rings. The molecular weight excluding hydrogens is 190 g/mol. The van der Waals surface area contributed by atoms with E-state index in [4.69, 9.17) is 9.69 Å². The van der Waals surface area contributed by atoms with Crippen LogP contribution in [0.3, 0.4) is 0 Å². The van der Waals surface area contributed by atoms with E-state index in [1.165, 1.54) is 19.3 Å². The quantitative estimate of drug-likeness (QED) is 0.668. The Balaban J connectivity index is 2.52. The van der Waals surface area contributed by atoms with Gasteiger partial charge in [-0.15, -0.1) is 0 Å². The minimum Gasteiger partial charge on any atom is -0.400 e. The lowest BCUT2D eigenvalue weighted by atomic mass is 9.78. The fourth-order valence-electron chi connectivity index (χ4n) is 2.03. The predicted molar refractivity (Wildman–Crippen MR) is 60.4 cm³/mol. The number of nitrogens with zero attached hydrogens (tertiary/aromatic N) is 1. The van der Waals surface area contributed by atoms with Crippen molar-refractivity contribution in [2.75, 3.05) is 0 Å². The van der Waals surface area contributed by atoms with Crippen LogP contribution in [-0.4, -0.2) is 13.9 Å². The highest BCUT2D eigenvalue weighted by atomic mass is 28.4. The highest BCUT2D eigenvalue weighted by molar-refractivity contribution is 6.69. The van der Waals surface area contributed by atoms with Gasteiger partial charge in [-0.1, -0.05) is 19.3 Å². The fourth-order valence-corrected chi connectivity index (χ4v) is 3.51. The van der Waals surface area contributed by atoms with Gasteiger partial charge >= 0.3 is 0 Å². The van der Waals surface area contributed by atoms with E-state index in [2.05, 4.69) is 25.7 Å². The molecule has 1 atom stereocenters. The first-order valence-electron chi connectivity index (χ1n) is 5.46. The molecule has 0 radical (unpaired) electrons. The Kier molecular flexibility index (Phi) is 3.39. The van der Waals surface area contributed by atoms with Gasteiger partial charge in [0, 0.05) is 0 Å². The number of hydrogen-bond acceptors (Lipinski definition) is 2. The molecule has 3 heteroatoms. The lowest BCUT2D eigenvalue weighted by molar-refractivity contribution is 0.0875. The molecule has 1 saturated carbocycles. The van der Waals surface area contributed by atoms with Gasteiger partial charge in [-0.05, 0) is 38.9 Å². The summed E-state index contributed by atoms with van der Waals surface area (Å²) in [6.45, 7) is 8.37. The zero-order valence-corrected chi connectivity index (χ0v) is 10.8. The van der Waals surface area contributed by atoms with Gasteiger partial charge in [-0.25, -0.2) is 0 Å². The van der Waals surface area contributed by atoms with Gasteiger partial charge in [-0.3, -0.25) is 0 Å². The van der Waals surface area contributed by atoms with Crippen molar-refractivity contribution in [3.05, 3.63) is 0 Å². The molecule has 1 fully saturated rings. The fraction of sp³-hybridized carbons (Fsp3) is 0.909. The molecule has 0 N–H and O–H groups in total. The number of rotatable bonds is 4. The smallest absolute Gasteiger partial charge is 0.185 e. The molecule has 0 aromatic rings. The minimum absolute atomic E-state index is 0.532. The van der Waals surface area contributed by atoms with E-state index in [1.807, 2.05) is 6.92 Å². The topological polar surface area (TPSA) is 33.0 Å². The van der Waals surface area contributed by atoms with Crippen molar-refractivity contribution < 1.29 is 4.43 Å². The maximum atomic E-state index is 9.16. The van der Waals surface area contributed by atoms with Crippen LogP contribution in [-0.2, 0) is 4.43 Å². The van der Waals surface area contributed by atoms with Crippen LogP contribution < -0.4 is 0 Å². The van der Waals surface area contributed by atoms with Crippen LogP contribution in [0, 0.1) is 17.2 Å². The Morgan fingerprint density at radius 2 is 2.00 bits per heavy atom. The largest absolute Gasteiger partial charge is 0.400 e.